The van der Waals surface area contributed by atoms with Crippen LogP contribution in [0.15, 0.2) is 34.8 Å². The molecule has 2 aliphatic carbocycles. The molecule has 236 valence electrons. The molecule has 0 bridgehead atoms. The predicted molar refractivity (Wildman–Crippen MR) is 145 cm³/mol. The van der Waals surface area contributed by atoms with E-state index in [1.807, 2.05) is 0 Å². The molecule has 8 nitrogen and oxygen atoms in total. The smallest absolute Gasteiger partial charge is 0.435 e. The van der Waals surface area contributed by atoms with Crippen LogP contribution in [0.1, 0.15) is 67.4 Å². The number of ether oxygens (including phenoxy) is 1. The van der Waals surface area contributed by atoms with Gasteiger partial charge < -0.3 is 10.1 Å². The molecule has 3 atom stereocenters. The summed E-state index contributed by atoms with van der Waals surface area (Å²) in [7, 11) is 0. The van der Waals surface area contributed by atoms with Crippen molar-refractivity contribution in [1.29, 1.82) is 0 Å². The molecule has 2 amide bonds. The Morgan fingerprint density at radius 1 is 1.14 bits per heavy atom. The first-order valence-corrected chi connectivity index (χ1v) is 14.1. The van der Waals surface area contributed by atoms with Crippen molar-refractivity contribution < 1.29 is 45.1 Å². The predicted octanol–water partition coefficient (Wildman–Crippen LogP) is 6.99. The van der Waals surface area contributed by atoms with Crippen molar-refractivity contribution in [2.75, 3.05) is 5.32 Å². The molecule has 0 unspecified atom stereocenters. The maximum Gasteiger partial charge on any atom is 0.435 e. The molecule has 1 saturated carbocycles. The van der Waals surface area contributed by atoms with E-state index in [9.17, 15) is 40.3 Å². The van der Waals surface area contributed by atoms with Crippen LogP contribution in [0, 0.1) is 17.6 Å². The Morgan fingerprint density at radius 3 is 2.41 bits per heavy atom. The molecule has 2 heterocycles. The molecule has 2 aliphatic rings. The highest BCUT2D eigenvalue weighted by Crippen LogP contribution is 2.68. The monoisotopic (exact) mass is 691 g/mol. The first-order valence-electron chi connectivity index (χ1n) is 13.3. The number of hydrogen-bond donors (Lipinski definition) is 2. The highest BCUT2D eigenvalue weighted by Gasteiger charge is 2.68. The van der Waals surface area contributed by atoms with Gasteiger partial charge in [0, 0.05) is 22.0 Å². The highest BCUT2D eigenvalue weighted by molar-refractivity contribution is 9.10. The van der Waals surface area contributed by atoms with Crippen molar-refractivity contribution in [2.24, 2.45) is 5.92 Å². The fraction of sp³-hybridized carbons (Fsp3) is 0.429. The first-order chi connectivity index (χ1) is 20.3. The van der Waals surface area contributed by atoms with Gasteiger partial charge in [0.25, 0.3) is 5.92 Å². The Morgan fingerprint density at radius 2 is 1.80 bits per heavy atom. The number of hydrogen-bond acceptors (Lipinski definition) is 5. The zero-order valence-corrected chi connectivity index (χ0v) is 24.9. The lowest BCUT2D eigenvalue weighted by Crippen LogP contribution is -2.35. The van der Waals surface area contributed by atoms with E-state index in [0.29, 0.717) is 10.7 Å². The van der Waals surface area contributed by atoms with Crippen molar-refractivity contribution in [3.05, 3.63) is 74.6 Å². The van der Waals surface area contributed by atoms with Gasteiger partial charge >= 0.3 is 12.3 Å². The Balaban J connectivity index is 1.46. The normalized spacial score (nSPS) is 19.2. The second-order valence-electron chi connectivity index (χ2n) is 11.6. The Kier molecular flexibility index (Phi) is 7.96. The molecule has 44 heavy (non-hydrogen) atoms. The summed E-state index contributed by atoms with van der Waals surface area (Å²) in [5.74, 6) is -8.77. The molecule has 3 aromatic rings. The molecular weight excluding hydrogens is 667 g/mol. The van der Waals surface area contributed by atoms with Gasteiger partial charge in [-0.3, -0.25) is 14.8 Å². The standard InChI is InChI=1S/C28H25BrF7N5O3/c1-26(2,3)44-25(43)39-19-5-4-17(29)22(38-19)18(8-12-6-13(30)9-14(31)7-12)37-20(42)11-41-24-21(23(40-41)28(34,35)36)15-10-16(15)27(24,32)33/h4-7,9,15-16,18H,8,10-11H2,1-3H3,(H,37,42)(H,38,39,43)/t15-,16+,18-/m0/s1. The van der Waals surface area contributed by atoms with E-state index < -0.39 is 82.7 Å². The number of rotatable bonds is 7. The fourth-order valence-electron chi connectivity index (χ4n) is 5.33. The van der Waals surface area contributed by atoms with Crippen molar-refractivity contribution in [3.8, 4) is 0 Å². The van der Waals surface area contributed by atoms with Gasteiger partial charge in [0.1, 0.15) is 35.3 Å². The highest BCUT2D eigenvalue weighted by atomic mass is 79.9. The summed E-state index contributed by atoms with van der Waals surface area (Å²) >= 11 is 3.29. The van der Waals surface area contributed by atoms with Crippen LogP contribution in [0.2, 0.25) is 0 Å². The van der Waals surface area contributed by atoms with Crippen LogP contribution in [-0.4, -0.2) is 32.4 Å². The molecule has 0 aliphatic heterocycles. The van der Waals surface area contributed by atoms with Crippen molar-refractivity contribution in [2.45, 2.75) is 69.8 Å². The average Bonchev–Trinajstić information content (AvgIpc) is 3.51. The number of carbonyl (C=O) groups excluding carboxylic acids is 2. The van der Waals surface area contributed by atoms with Crippen LogP contribution < -0.4 is 10.6 Å². The van der Waals surface area contributed by atoms with E-state index in [1.165, 1.54) is 12.1 Å². The lowest BCUT2D eigenvalue weighted by Gasteiger charge is -2.22. The average molecular weight is 692 g/mol. The number of alkyl halides is 5. The molecule has 0 saturated heterocycles. The zero-order chi connectivity index (χ0) is 32.4. The largest absolute Gasteiger partial charge is 0.444 e. The van der Waals surface area contributed by atoms with Gasteiger partial charge in [0.05, 0.1) is 11.7 Å². The minimum absolute atomic E-state index is 0.0271. The van der Waals surface area contributed by atoms with Crippen LogP contribution in [0.25, 0.3) is 0 Å². The third kappa shape index (κ3) is 6.54. The minimum Gasteiger partial charge on any atom is -0.444 e. The van der Waals surface area contributed by atoms with E-state index >= 15 is 0 Å². The van der Waals surface area contributed by atoms with E-state index in [-0.39, 0.29) is 34.4 Å². The fourth-order valence-corrected chi connectivity index (χ4v) is 5.83. The lowest BCUT2D eigenvalue weighted by atomic mass is 10.0. The quantitative estimate of drug-likeness (QED) is 0.260. The van der Waals surface area contributed by atoms with Crippen LogP contribution in [0.5, 0.6) is 0 Å². The third-order valence-electron chi connectivity index (χ3n) is 7.02. The molecule has 5 rings (SSSR count). The van der Waals surface area contributed by atoms with Gasteiger partial charge in [0.2, 0.25) is 5.91 Å². The molecule has 2 aromatic heterocycles. The molecule has 0 radical (unpaired) electrons. The van der Waals surface area contributed by atoms with E-state index in [2.05, 4.69) is 36.6 Å². The Labute approximate surface area is 254 Å². The van der Waals surface area contributed by atoms with E-state index in [0.717, 1.165) is 12.1 Å². The Hall–Kier alpha value is -3.69. The summed E-state index contributed by atoms with van der Waals surface area (Å²) in [6.45, 7) is 3.92. The number of amides is 2. The van der Waals surface area contributed by atoms with Crippen LogP contribution in [-0.2, 0) is 34.6 Å². The number of nitrogens with zero attached hydrogens (tertiary/aromatic N) is 3. The number of pyridine rings is 1. The molecule has 0 spiro atoms. The second-order valence-corrected chi connectivity index (χ2v) is 12.5. The number of anilines is 1. The summed E-state index contributed by atoms with van der Waals surface area (Å²) in [4.78, 5) is 29.9. The number of benzene rings is 1. The second kappa shape index (κ2) is 11.0. The number of fused-ring (bicyclic) bond motifs is 3. The summed E-state index contributed by atoms with van der Waals surface area (Å²) in [5, 5.41) is 8.30. The van der Waals surface area contributed by atoms with Gasteiger partial charge in [-0.05, 0) is 85.3 Å². The third-order valence-corrected chi connectivity index (χ3v) is 7.69. The maximum absolute atomic E-state index is 15.0. The number of aromatic nitrogens is 3. The molecular formula is C28H25BrF7N5O3. The molecule has 1 fully saturated rings. The van der Waals surface area contributed by atoms with Crippen LogP contribution in [0.4, 0.5) is 41.3 Å². The molecule has 1 aromatic carbocycles. The zero-order valence-electron chi connectivity index (χ0n) is 23.3. The number of nitrogens with one attached hydrogen (secondary N) is 2. The van der Waals surface area contributed by atoms with Crippen LogP contribution >= 0.6 is 15.9 Å². The van der Waals surface area contributed by atoms with Crippen molar-refractivity contribution in [3.63, 3.8) is 0 Å². The van der Waals surface area contributed by atoms with Gasteiger partial charge in [-0.2, -0.15) is 27.1 Å². The Bertz CT molecular complexity index is 1620. The molecule has 16 heteroatoms. The SMILES string of the molecule is CC(C)(C)OC(=O)Nc1ccc(Br)c([C@H](Cc2cc(F)cc(F)c2)NC(=O)Cn2nc(C(F)(F)F)c3c2C(F)(F)[C@@H]2C[C@H]32)n1. The van der Waals surface area contributed by atoms with Gasteiger partial charge in [-0.15, -0.1) is 0 Å². The van der Waals surface area contributed by atoms with Crippen molar-refractivity contribution >= 4 is 33.7 Å². The van der Waals surface area contributed by atoms with Crippen LogP contribution in [0.3, 0.4) is 0 Å². The van der Waals surface area contributed by atoms with Crippen molar-refractivity contribution in [1.82, 2.24) is 20.1 Å². The summed E-state index contributed by atoms with van der Waals surface area (Å²) in [6, 6.07) is 4.29. The number of carbonyl (C=O) groups is 2. The minimum atomic E-state index is -5.01. The molecule has 2 N–H and O–H groups in total. The lowest BCUT2D eigenvalue weighted by molar-refractivity contribution is -0.142. The van der Waals surface area contributed by atoms with E-state index in [1.54, 1.807) is 20.8 Å². The summed E-state index contributed by atoms with van der Waals surface area (Å²) < 4.78 is 105. The van der Waals surface area contributed by atoms with Gasteiger partial charge in [0.15, 0.2) is 5.69 Å². The topological polar surface area (TPSA) is 98.1 Å². The maximum atomic E-state index is 15.0. The summed E-state index contributed by atoms with van der Waals surface area (Å²) in [5.41, 5.74) is -3.73. The first kappa shape index (κ1) is 31.7. The van der Waals surface area contributed by atoms with Gasteiger partial charge in [-0.1, -0.05) is 0 Å². The number of halogens is 8. The summed E-state index contributed by atoms with van der Waals surface area (Å²) in [6.07, 6.45) is -6.26. The van der Waals surface area contributed by atoms with E-state index in [4.69, 9.17) is 4.74 Å². The van der Waals surface area contributed by atoms with Gasteiger partial charge in [-0.25, -0.2) is 18.6 Å².